The van der Waals surface area contributed by atoms with Crippen LogP contribution >= 0.6 is 0 Å². The molecule has 1 aliphatic heterocycles. The standard InChI is InChI=1S/C10H13NO3/c1-11-10(12)5-7-2-3-8-9(4-7)14-6-13-8/h2,4,8H,3,5-6H2,1H3,(H,11,12). The van der Waals surface area contributed by atoms with Crippen molar-refractivity contribution in [1.29, 1.82) is 0 Å². The van der Waals surface area contributed by atoms with Gasteiger partial charge in [-0.2, -0.15) is 0 Å². The molecule has 4 heteroatoms. The lowest BCUT2D eigenvalue weighted by atomic mass is 10.0. The summed E-state index contributed by atoms with van der Waals surface area (Å²) in [6.07, 6.45) is 5.21. The first kappa shape index (κ1) is 9.27. The normalized spacial score (nSPS) is 24.5. The van der Waals surface area contributed by atoms with Crippen LogP contribution in [0.3, 0.4) is 0 Å². The van der Waals surface area contributed by atoms with Crippen LogP contribution in [-0.4, -0.2) is 25.9 Å². The van der Waals surface area contributed by atoms with E-state index in [0.717, 1.165) is 17.8 Å². The van der Waals surface area contributed by atoms with Crippen LogP contribution in [0.15, 0.2) is 23.5 Å². The van der Waals surface area contributed by atoms with Crippen molar-refractivity contribution in [2.45, 2.75) is 18.9 Å². The smallest absolute Gasteiger partial charge is 0.224 e. The first-order valence-electron chi connectivity index (χ1n) is 4.65. The van der Waals surface area contributed by atoms with E-state index in [0.29, 0.717) is 13.2 Å². The largest absolute Gasteiger partial charge is 0.469 e. The zero-order valence-electron chi connectivity index (χ0n) is 8.08. The number of amides is 1. The highest BCUT2D eigenvalue weighted by atomic mass is 16.7. The van der Waals surface area contributed by atoms with Gasteiger partial charge in [-0.25, -0.2) is 0 Å². The van der Waals surface area contributed by atoms with Gasteiger partial charge in [-0.15, -0.1) is 0 Å². The van der Waals surface area contributed by atoms with Gasteiger partial charge in [-0.3, -0.25) is 4.79 Å². The Labute approximate surface area is 82.6 Å². The third-order valence-electron chi connectivity index (χ3n) is 2.38. The van der Waals surface area contributed by atoms with Gasteiger partial charge in [0.15, 0.2) is 6.79 Å². The summed E-state index contributed by atoms with van der Waals surface area (Å²) >= 11 is 0. The van der Waals surface area contributed by atoms with Crippen molar-refractivity contribution in [2.24, 2.45) is 0 Å². The Hall–Kier alpha value is -1.29. The molecule has 0 bridgehead atoms. The van der Waals surface area contributed by atoms with Crippen molar-refractivity contribution in [2.75, 3.05) is 13.8 Å². The van der Waals surface area contributed by atoms with Crippen molar-refractivity contribution in [3.63, 3.8) is 0 Å². The van der Waals surface area contributed by atoms with Gasteiger partial charge in [-0.05, 0) is 18.1 Å². The number of allylic oxidation sites excluding steroid dienone is 1. The molecule has 2 aliphatic rings. The number of hydrogen-bond donors (Lipinski definition) is 1. The molecule has 1 amide bonds. The van der Waals surface area contributed by atoms with E-state index in [9.17, 15) is 4.79 Å². The average molecular weight is 195 g/mol. The molecule has 0 radical (unpaired) electrons. The SMILES string of the molecule is CNC(=O)CC1=CCC2OCOC2=C1. The molecule has 0 aromatic heterocycles. The number of rotatable bonds is 2. The maximum Gasteiger partial charge on any atom is 0.224 e. The monoisotopic (exact) mass is 195 g/mol. The Kier molecular flexibility index (Phi) is 2.54. The summed E-state index contributed by atoms with van der Waals surface area (Å²) in [5.41, 5.74) is 1.00. The van der Waals surface area contributed by atoms with Crippen LogP contribution in [0.2, 0.25) is 0 Å². The molecule has 1 N–H and O–H groups in total. The van der Waals surface area contributed by atoms with Crippen LogP contribution < -0.4 is 5.32 Å². The Balaban J connectivity index is 2.01. The number of nitrogens with one attached hydrogen (secondary N) is 1. The van der Waals surface area contributed by atoms with Crippen molar-refractivity contribution in [3.05, 3.63) is 23.5 Å². The molecule has 4 nitrogen and oxygen atoms in total. The molecular weight excluding hydrogens is 182 g/mol. The van der Waals surface area contributed by atoms with E-state index in [4.69, 9.17) is 9.47 Å². The molecule has 2 rings (SSSR count). The van der Waals surface area contributed by atoms with Gasteiger partial charge >= 0.3 is 0 Å². The maximum absolute atomic E-state index is 11.1. The van der Waals surface area contributed by atoms with E-state index >= 15 is 0 Å². The van der Waals surface area contributed by atoms with Gasteiger partial charge in [0.05, 0.1) is 6.42 Å². The molecule has 1 aliphatic carbocycles. The van der Waals surface area contributed by atoms with Crippen LogP contribution in [0, 0.1) is 0 Å². The summed E-state index contributed by atoms with van der Waals surface area (Å²) < 4.78 is 10.6. The van der Waals surface area contributed by atoms with Gasteiger partial charge in [0.1, 0.15) is 11.9 Å². The molecule has 14 heavy (non-hydrogen) atoms. The lowest BCUT2D eigenvalue weighted by Crippen LogP contribution is -2.19. The summed E-state index contributed by atoms with van der Waals surface area (Å²) in [5, 5.41) is 2.59. The van der Waals surface area contributed by atoms with Gasteiger partial charge in [0.2, 0.25) is 5.91 Å². The second-order valence-electron chi connectivity index (χ2n) is 3.33. The Morgan fingerprint density at radius 3 is 3.36 bits per heavy atom. The summed E-state index contributed by atoms with van der Waals surface area (Å²) in [7, 11) is 1.64. The van der Waals surface area contributed by atoms with Crippen molar-refractivity contribution in [1.82, 2.24) is 5.32 Å². The van der Waals surface area contributed by atoms with Gasteiger partial charge in [-0.1, -0.05) is 6.08 Å². The molecule has 76 valence electrons. The van der Waals surface area contributed by atoms with Crippen LogP contribution in [0.1, 0.15) is 12.8 Å². The van der Waals surface area contributed by atoms with Crippen LogP contribution in [0.25, 0.3) is 0 Å². The molecule has 1 fully saturated rings. The van der Waals surface area contributed by atoms with Crippen LogP contribution in [-0.2, 0) is 14.3 Å². The van der Waals surface area contributed by atoms with Crippen molar-refractivity contribution >= 4 is 5.91 Å². The molecule has 0 saturated carbocycles. The maximum atomic E-state index is 11.1. The molecule has 1 unspecified atom stereocenters. The Bertz CT molecular complexity index is 306. The highest BCUT2D eigenvalue weighted by Crippen LogP contribution is 2.27. The molecule has 0 aromatic rings. The van der Waals surface area contributed by atoms with E-state index in [-0.39, 0.29) is 12.0 Å². The number of ether oxygens (including phenoxy) is 2. The van der Waals surface area contributed by atoms with E-state index in [2.05, 4.69) is 5.32 Å². The minimum Gasteiger partial charge on any atom is -0.469 e. The molecule has 1 saturated heterocycles. The fourth-order valence-electron chi connectivity index (χ4n) is 1.58. The van der Waals surface area contributed by atoms with Crippen molar-refractivity contribution < 1.29 is 14.3 Å². The molecule has 0 aromatic carbocycles. The van der Waals surface area contributed by atoms with Crippen molar-refractivity contribution in [3.8, 4) is 0 Å². The first-order valence-corrected chi connectivity index (χ1v) is 4.65. The fourth-order valence-corrected chi connectivity index (χ4v) is 1.58. The van der Waals surface area contributed by atoms with Gasteiger partial charge < -0.3 is 14.8 Å². The quantitative estimate of drug-likeness (QED) is 0.706. The predicted molar refractivity (Wildman–Crippen MR) is 50.3 cm³/mol. The van der Waals surface area contributed by atoms with Gasteiger partial charge in [0.25, 0.3) is 0 Å². The van der Waals surface area contributed by atoms with E-state index < -0.39 is 0 Å². The first-order chi connectivity index (χ1) is 6.79. The van der Waals surface area contributed by atoms with Gasteiger partial charge in [0, 0.05) is 7.05 Å². The fraction of sp³-hybridized carbons (Fsp3) is 0.500. The van der Waals surface area contributed by atoms with E-state index in [1.54, 1.807) is 7.05 Å². The molecule has 0 spiro atoms. The third kappa shape index (κ3) is 1.80. The highest BCUT2D eigenvalue weighted by Gasteiger charge is 2.25. The summed E-state index contributed by atoms with van der Waals surface area (Å²) in [6.45, 7) is 0.331. The summed E-state index contributed by atoms with van der Waals surface area (Å²) in [5.74, 6) is 0.872. The third-order valence-corrected chi connectivity index (χ3v) is 2.38. The number of fused-ring (bicyclic) bond motifs is 1. The lowest BCUT2D eigenvalue weighted by molar-refractivity contribution is -0.119. The zero-order valence-corrected chi connectivity index (χ0v) is 8.08. The number of carbonyl (C=O) groups excluding carboxylic acids is 1. The number of hydrogen-bond acceptors (Lipinski definition) is 3. The Morgan fingerprint density at radius 2 is 2.57 bits per heavy atom. The van der Waals surface area contributed by atoms with Crippen LogP contribution in [0.4, 0.5) is 0 Å². The second-order valence-corrected chi connectivity index (χ2v) is 3.33. The highest BCUT2D eigenvalue weighted by molar-refractivity contribution is 5.78. The second kappa shape index (κ2) is 3.84. The number of carbonyl (C=O) groups is 1. The lowest BCUT2D eigenvalue weighted by Gasteiger charge is -2.13. The zero-order chi connectivity index (χ0) is 9.97. The predicted octanol–water partition coefficient (Wildman–Crippen LogP) is 0.709. The molecule has 1 heterocycles. The van der Waals surface area contributed by atoms with Crippen LogP contribution in [0.5, 0.6) is 0 Å². The summed E-state index contributed by atoms with van der Waals surface area (Å²) in [4.78, 5) is 11.1. The topological polar surface area (TPSA) is 47.6 Å². The Morgan fingerprint density at radius 1 is 1.71 bits per heavy atom. The minimum absolute atomic E-state index is 0.0189. The molecular formula is C10H13NO3. The summed E-state index contributed by atoms with van der Waals surface area (Å²) in [6, 6.07) is 0. The van der Waals surface area contributed by atoms with E-state index in [1.807, 2.05) is 12.2 Å². The average Bonchev–Trinajstić information content (AvgIpc) is 2.64. The minimum atomic E-state index is 0.0189. The van der Waals surface area contributed by atoms with E-state index in [1.165, 1.54) is 0 Å². The molecule has 1 atom stereocenters.